The van der Waals surface area contributed by atoms with Gasteiger partial charge >= 0.3 is 6.18 Å². The second-order valence-corrected chi connectivity index (χ2v) is 7.88. The van der Waals surface area contributed by atoms with E-state index in [0.717, 1.165) is 31.4 Å². The number of anilines is 2. The number of rotatable bonds is 7. The lowest BCUT2D eigenvalue weighted by atomic mass is 10.1. The summed E-state index contributed by atoms with van der Waals surface area (Å²) >= 11 is 6.19. The fourth-order valence-corrected chi connectivity index (χ4v) is 3.82. The Hall–Kier alpha value is -3.14. The van der Waals surface area contributed by atoms with E-state index >= 15 is 0 Å². The van der Waals surface area contributed by atoms with Crippen LogP contribution in [0.3, 0.4) is 0 Å². The number of carbonyl (C=O) groups is 2. The summed E-state index contributed by atoms with van der Waals surface area (Å²) in [6.07, 6.45) is -1.70. The number of piperidine rings is 1. The van der Waals surface area contributed by atoms with Crippen molar-refractivity contribution in [1.29, 1.82) is 0 Å². The summed E-state index contributed by atoms with van der Waals surface area (Å²) in [6.45, 7) is 0.907. The van der Waals surface area contributed by atoms with Crippen LogP contribution < -0.4 is 25.4 Å². The molecule has 0 saturated carbocycles. The summed E-state index contributed by atoms with van der Waals surface area (Å²) in [5, 5.41) is 2.55. The number of hydrogen-bond donors (Lipinski definition) is 2. The zero-order valence-electron chi connectivity index (χ0n) is 17.8. The van der Waals surface area contributed by atoms with Crippen LogP contribution in [0.25, 0.3) is 0 Å². The molecule has 11 heteroatoms. The molecule has 3 N–H and O–H groups in total. The number of halogens is 4. The predicted octanol–water partition coefficient (Wildman–Crippen LogP) is 4.47. The van der Waals surface area contributed by atoms with E-state index in [1.807, 2.05) is 4.90 Å². The summed E-state index contributed by atoms with van der Waals surface area (Å²) < 4.78 is 50.4. The molecular formula is C22H23ClF3N3O4. The van der Waals surface area contributed by atoms with E-state index in [-0.39, 0.29) is 27.8 Å². The quantitative estimate of drug-likeness (QED) is 0.603. The standard InChI is InChI=1S/C22H23ClF3N3O4/c1-32-18-10-13(9-15(23)20(18)33-12-19(27)30)21(31)28-16-11-14(22(24,25)26)5-6-17(16)29-7-3-2-4-8-29/h5-6,9-11H,2-4,7-8,12H2,1H3,(H2,27,30)(H,28,31). The van der Waals surface area contributed by atoms with Crippen LogP contribution in [-0.2, 0) is 11.0 Å². The van der Waals surface area contributed by atoms with Crippen molar-refractivity contribution < 1.29 is 32.2 Å². The van der Waals surface area contributed by atoms with Crippen molar-refractivity contribution >= 4 is 34.8 Å². The first kappa shape index (κ1) is 24.5. The Labute approximate surface area is 193 Å². The van der Waals surface area contributed by atoms with Gasteiger partial charge in [0.25, 0.3) is 11.8 Å². The molecule has 2 aromatic rings. The van der Waals surface area contributed by atoms with Crippen molar-refractivity contribution in [2.45, 2.75) is 25.4 Å². The molecule has 178 valence electrons. The van der Waals surface area contributed by atoms with E-state index in [9.17, 15) is 22.8 Å². The Balaban J connectivity index is 1.94. The number of benzene rings is 2. The maximum atomic E-state index is 13.3. The zero-order valence-corrected chi connectivity index (χ0v) is 18.6. The molecule has 1 fully saturated rings. The summed E-state index contributed by atoms with van der Waals surface area (Å²) in [4.78, 5) is 25.9. The van der Waals surface area contributed by atoms with Crippen LogP contribution in [0.1, 0.15) is 35.2 Å². The second-order valence-electron chi connectivity index (χ2n) is 7.48. The van der Waals surface area contributed by atoms with Gasteiger partial charge in [-0.05, 0) is 49.6 Å². The zero-order chi connectivity index (χ0) is 24.2. The molecule has 2 amide bonds. The highest BCUT2D eigenvalue weighted by atomic mass is 35.5. The second kappa shape index (κ2) is 10.2. The van der Waals surface area contributed by atoms with Gasteiger partial charge in [-0.3, -0.25) is 9.59 Å². The lowest BCUT2D eigenvalue weighted by Gasteiger charge is -2.31. The fourth-order valence-electron chi connectivity index (χ4n) is 3.55. The minimum absolute atomic E-state index is 0.0163. The van der Waals surface area contributed by atoms with Crippen LogP contribution in [0.15, 0.2) is 30.3 Å². The van der Waals surface area contributed by atoms with Crippen LogP contribution in [0.5, 0.6) is 11.5 Å². The first-order valence-electron chi connectivity index (χ1n) is 10.2. The number of hydrogen-bond acceptors (Lipinski definition) is 5. The lowest BCUT2D eigenvalue weighted by molar-refractivity contribution is -0.137. The Morgan fingerprint density at radius 1 is 1.15 bits per heavy atom. The Bertz CT molecular complexity index is 1040. The van der Waals surface area contributed by atoms with Gasteiger partial charge < -0.3 is 25.4 Å². The van der Waals surface area contributed by atoms with Gasteiger partial charge in [0.1, 0.15) is 0 Å². The minimum atomic E-state index is -4.56. The molecule has 33 heavy (non-hydrogen) atoms. The molecular weight excluding hydrogens is 463 g/mol. The van der Waals surface area contributed by atoms with Crippen LogP contribution in [0, 0.1) is 0 Å². The summed E-state index contributed by atoms with van der Waals surface area (Å²) in [6, 6.07) is 5.88. The highest BCUT2D eigenvalue weighted by molar-refractivity contribution is 6.32. The summed E-state index contributed by atoms with van der Waals surface area (Å²) in [7, 11) is 1.31. The van der Waals surface area contributed by atoms with Crippen LogP contribution >= 0.6 is 11.6 Å². The van der Waals surface area contributed by atoms with Gasteiger partial charge in [0.15, 0.2) is 18.1 Å². The molecule has 1 aliphatic rings. The van der Waals surface area contributed by atoms with Gasteiger partial charge in [0.2, 0.25) is 0 Å². The van der Waals surface area contributed by atoms with Crippen molar-refractivity contribution in [3.05, 3.63) is 46.5 Å². The number of methoxy groups -OCH3 is 1. The molecule has 0 unspecified atom stereocenters. The molecule has 1 saturated heterocycles. The topological polar surface area (TPSA) is 93.9 Å². The number of primary amides is 1. The van der Waals surface area contributed by atoms with Gasteiger partial charge in [-0.1, -0.05) is 11.6 Å². The maximum absolute atomic E-state index is 13.3. The van der Waals surface area contributed by atoms with Gasteiger partial charge in [0, 0.05) is 18.7 Å². The number of ether oxygens (including phenoxy) is 2. The van der Waals surface area contributed by atoms with E-state index in [4.69, 9.17) is 26.8 Å². The molecule has 7 nitrogen and oxygen atoms in total. The molecule has 0 bridgehead atoms. The first-order valence-corrected chi connectivity index (χ1v) is 10.5. The number of amides is 2. The van der Waals surface area contributed by atoms with Crippen molar-refractivity contribution in [3.63, 3.8) is 0 Å². The van der Waals surface area contributed by atoms with Crippen molar-refractivity contribution in [2.24, 2.45) is 5.73 Å². The third kappa shape index (κ3) is 6.01. The molecule has 1 aliphatic heterocycles. The Morgan fingerprint density at radius 3 is 2.45 bits per heavy atom. The number of carbonyl (C=O) groups excluding carboxylic acids is 2. The van der Waals surface area contributed by atoms with Crippen molar-refractivity contribution in [1.82, 2.24) is 0 Å². The number of nitrogens with zero attached hydrogens (tertiary/aromatic N) is 1. The monoisotopic (exact) mass is 485 g/mol. The minimum Gasteiger partial charge on any atom is -0.493 e. The van der Waals surface area contributed by atoms with E-state index in [2.05, 4.69) is 5.32 Å². The van der Waals surface area contributed by atoms with E-state index < -0.39 is 30.2 Å². The lowest BCUT2D eigenvalue weighted by Crippen LogP contribution is -2.30. The number of alkyl halides is 3. The van der Waals surface area contributed by atoms with Crippen LogP contribution in [0.4, 0.5) is 24.5 Å². The molecule has 3 rings (SSSR count). The molecule has 0 atom stereocenters. The summed E-state index contributed by atoms with van der Waals surface area (Å²) in [5.41, 5.74) is 4.78. The number of nitrogens with two attached hydrogens (primary N) is 1. The molecule has 0 aliphatic carbocycles. The number of nitrogens with one attached hydrogen (secondary N) is 1. The smallest absolute Gasteiger partial charge is 0.416 e. The molecule has 2 aromatic carbocycles. The van der Waals surface area contributed by atoms with Gasteiger partial charge in [-0.25, -0.2) is 0 Å². The van der Waals surface area contributed by atoms with E-state index in [0.29, 0.717) is 18.8 Å². The molecule has 0 aromatic heterocycles. The molecule has 0 radical (unpaired) electrons. The summed E-state index contributed by atoms with van der Waals surface area (Å²) in [5.74, 6) is -1.34. The van der Waals surface area contributed by atoms with Crippen LogP contribution in [-0.4, -0.2) is 38.6 Å². The Morgan fingerprint density at radius 2 is 1.85 bits per heavy atom. The highest BCUT2D eigenvalue weighted by Crippen LogP contribution is 2.38. The average Bonchev–Trinajstić information content (AvgIpc) is 2.77. The molecule has 1 heterocycles. The fraction of sp³-hybridized carbons (Fsp3) is 0.364. The predicted molar refractivity (Wildman–Crippen MR) is 118 cm³/mol. The third-order valence-electron chi connectivity index (χ3n) is 5.12. The van der Waals surface area contributed by atoms with E-state index in [1.54, 1.807) is 0 Å². The normalized spacial score (nSPS) is 14.0. The van der Waals surface area contributed by atoms with Gasteiger partial charge in [0.05, 0.1) is 29.1 Å². The SMILES string of the molecule is COc1cc(C(=O)Nc2cc(C(F)(F)F)ccc2N2CCCCC2)cc(Cl)c1OCC(N)=O. The Kier molecular flexibility index (Phi) is 7.57. The van der Waals surface area contributed by atoms with Crippen molar-refractivity contribution in [2.75, 3.05) is 37.0 Å². The van der Waals surface area contributed by atoms with E-state index in [1.165, 1.54) is 25.3 Å². The third-order valence-corrected chi connectivity index (χ3v) is 5.40. The highest BCUT2D eigenvalue weighted by Gasteiger charge is 2.32. The molecule has 0 spiro atoms. The van der Waals surface area contributed by atoms with Crippen molar-refractivity contribution in [3.8, 4) is 11.5 Å². The van der Waals surface area contributed by atoms with Gasteiger partial charge in [-0.2, -0.15) is 13.2 Å². The first-order chi connectivity index (χ1) is 15.6. The maximum Gasteiger partial charge on any atom is 0.416 e. The average molecular weight is 486 g/mol. The van der Waals surface area contributed by atoms with Gasteiger partial charge in [-0.15, -0.1) is 0 Å². The van der Waals surface area contributed by atoms with Crippen LogP contribution in [0.2, 0.25) is 5.02 Å². The largest absolute Gasteiger partial charge is 0.493 e.